The topological polar surface area (TPSA) is 123 Å². The van der Waals surface area contributed by atoms with Crippen LogP contribution < -0.4 is 5.32 Å². The standard InChI is InChI=1S/C20H28BN3O5/c1-2-16(13-22)19(25)24-11-7-6-10-17(14-24)29-20(26)23-18(21(27)28)12-15-8-4-3-5-9-15/h3-5,8-9,16-18,27-28H,2,6-7,10-12,14H2,1H3,(H,23,26)/t16?,17-,18+/m1/s1. The third kappa shape index (κ3) is 7.07. The van der Waals surface area contributed by atoms with Crippen molar-refractivity contribution < 1.29 is 24.4 Å². The van der Waals surface area contributed by atoms with E-state index in [9.17, 15) is 19.6 Å². The molecule has 1 aromatic carbocycles. The number of carbonyl (C=O) groups excluding carboxylic acids is 2. The molecule has 1 fully saturated rings. The van der Waals surface area contributed by atoms with Crippen LogP contribution in [0, 0.1) is 17.2 Å². The SMILES string of the molecule is CCC(C#N)C(=O)N1CCCC[C@@H](OC(=O)N[C@@H](Cc2ccccc2)B(O)O)C1. The molecular weight excluding hydrogens is 373 g/mol. The van der Waals surface area contributed by atoms with E-state index in [-0.39, 0.29) is 18.9 Å². The number of nitrogens with one attached hydrogen (secondary N) is 1. The summed E-state index contributed by atoms with van der Waals surface area (Å²) in [7, 11) is -1.74. The summed E-state index contributed by atoms with van der Waals surface area (Å²) in [5.41, 5.74) is 0.847. The fourth-order valence-electron chi connectivity index (χ4n) is 3.38. The van der Waals surface area contributed by atoms with Crippen LogP contribution in [0.15, 0.2) is 30.3 Å². The monoisotopic (exact) mass is 401 g/mol. The first-order valence-corrected chi connectivity index (χ1v) is 10.00. The van der Waals surface area contributed by atoms with Crippen molar-refractivity contribution in [1.82, 2.24) is 10.2 Å². The number of nitriles is 1. The predicted molar refractivity (Wildman–Crippen MR) is 107 cm³/mol. The highest BCUT2D eigenvalue weighted by atomic mass is 16.6. The third-order valence-electron chi connectivity index (χ3n) is 5.04. The molecule has 0 radical (unpaired) electrons. The van der Waals surface area contributed by atoms with E-state index in [1.54, 1.807) is 11.8 Å². The van der Waals surface area contributed by atoms with Gasteiger partial charge in [-0.25, -0.2) is 4.79 Å². The Morgan fingerprint density at radius 2 is 2.07 bits per heavy atom. The molecule has 1 aliphatic heterocycles. The molecule has 3 atom stereocenters. The number of rotatable bonds is 7. The van der Waals surface area contributed by atoms with Crippen LogP contribution in [-0.4, -0.2) is 59.2 Å². The minimum absolute atomic E-state index is 0.232. The highest BCUT2D eigenvalue weighted by molar-refractivity contribution is 6.43. The van der Waals surface area contributed by atoms with E-state index >= 15 is 0 Å². The second-order valence-electron chi connectivity index (χ2n) is 7.25. The number of hydrogen-bond donors (Lipinski definition) is 3. The molecule has 9 heteroatoms. The van der Waals surface area contributed by atoms with Crippen molar-refractivity contribution in [3.8, 4) is 6.07 Å². The van der Waals surface area contributed by atoms with Crippen molar-refractivity contribution in [3.63, 3.8) is 0 Å². The molecule has 29 heavy (non-hydrogen) atoms. The van der Waals surface area contributed by atoms with Crippen LogP contribution >= 0.6 is 0 Å². The number of ether oxygens (including phenoxy) is 1. The van der Waals surface area contributed by atoms with Gasteiger partial charge in [0, 0.05) is 6.54 Å². The molecule has 0 saturated carbocycles. The van der Waals surface area contributed by atoms with Gasteiger partial charge in [0.2, 0.25) is 5.91 Å². The van der Waals surface area contributed by atoms with Gasteiger partial charge < -0.3 is 25.0 Å². The van der Waals surface area contributed by atoms with Crippen LogP contribution in [0.5, 0.6) is 0 Å². The van der Waals surface area contributed by atoms with Crippen LogP contribution in [0.3, 0.4) is 0 Å². The van der Waals surface area contributed by atoms with Gasteiger partial charge in [0.15, 0.2) is 0 Å². The summed E-state index contributed by atoms with van der Waals surface area (Å²) in [4.78, 5) is 26.4. The van der Waals surface area contributed by atoms with E-state index in [0.717, 1.165) is 18.4 Å². The Morgan fingerprint density at radius 3 is 2.69 bits per heavy atom. The summed E-state index contributed by atoms with van der Waals surface area (Å²) in [6.45, 7) is 2.55. The fourth-order valence-corrected chi connectivity index (χ4v) is 3.38. The summed E-state index contributed by atoms with van der Waals surface area (Å²) in [6, 6.07) is 11.2. The smallest absolute Gasteiger partial charge is 0.444 e. The van der Waals surface area contributed by atoms with Gasteiger partial charge in [0.25, 0.3) is 0 Å². The lowest BCUT2D eigenvalue weighted by Gasteiger charge is -2.26. The number of alkyl carbamates (subject to hydrolysis) is 1. The lowest BCUT2D eigenvalue weighted by molar-refractivity contribution is -0.135. The second-order valence-corrected chi connectivity index (χ2v) is 7.25. The molecule has 2 amide bonds. The van der Waals surface area contributed by atoms with Gasteiger partial charge in [-0.2, -0.15) is 5.26 Å². The van der Waals surface area contributed by atoms with Gasteiger partial charge in [-0.05, 0) is 37.7 Å². The van der Waals surface area contributed by atoms with Crippen LogP contribution in [0.1, 0.15) is 38.2 Å². The van der Waals surface area contributed by atoms with Crippen LogP contribution in [-0.2, 0) is 16.0 Å². The molecule has 156 valence electrons. The third-order valence-corrected chi connectivity index (χ3v) is 5.04. The van der Waals surface area contributed by atoms with Crippen molar-refractivity contribution in [2.45, 2.75) is 51.1 Å². The van der Waals surface area contributed by atoms with Gasteiger partial charge >= 0.3 is 13.2 Å². The average molecular weight is 401 g/mol. The summed E-state index contributed by atoms with van der Waals surface area (Å²) in [5.74, 6) is -1.85. The Balaban J connectivity index is 1.95. The molecule has 0 bridgehead atoms. The fraction of sp³-hybridized carbons (Fsp3) is 0.550. The van der Waals surface area contributed by atoms with Crippen molar-refractivity contribution >= 4 is 19.1 Å². The van der Waals surface area contributed by atoms with Crippen molar-refractivity contribution in [3.05, 3.63) is 35.9 Å². The van der Waals surface area contributed by atoms with Crippen molar-refractivity contribution in [2.75, 3.05) is 13.1 Å². The first-order chi connectivity index (χ1) is 13.9. The van der Waals surface area contributed by atoms with Crippen molar-refractivity contribution in [2.24, 2.45) is 5.92 Å². The Kier molecular flexibility index (Phi) is 8.96. The highest BCUT2D eigenvalue weighted by Gasteiger charge is 2.30. The van der Waals surface area contributed by atoms with Gasteiger partial charge in [-0.15, -0.1) is 0 Å². The first-order valence-electron chi connectivity index (χ1n) is 10.00. The Hall–Kier alpha value is -2.57. The predicted octanol–water partition coefficient (Wildman–Crippen LogP) is 1.27. The zero-order valence-electron chi connectivity index (χ0n) is 16.7. The number of amides is 2. The maximum absolute atomic E-state index is 12.5. The van der Waals surface area contributed by atoms with Crippen molar-refractivity contribution in [1.29, 1.82) is 5.26 Å². The maximum Gasteiger partial charge on any atom is 0.475 e. The minimum atomic E-state index is -1.74. The lowest BCUT2D eigenvalue weighted by Crippen LogP contribution is -2.49. The van der Waals surface area contributed by atoms with Gasteiger partial charge in [0.05, 0.1) is 18.6 Å². The Bertz CT molecular complexity index is 710. The number of nitrogens with zero attached hydrogens (tertiary/aromatic N) is 2. The number of carbonyl (C=O) groups is 2. The van der Waals surface area contributed by atoms with Gasteiger partial charge in [0.1, 0.15) is 12.0 Å². The Labute approximate surface area is 171 Å². The van der Waals surface area contributed by atoms with E-state index in [0.29, 0.717) is 19.4 Å². The first kappa shape index (κ1) is 22.7. The summed E-state index contributed by atoms with van der Waals surface area (Å²) in [6.07, 6.45) is 1.58. The van der Waals surface area contributed by atoms with E-state index < -0.39 is 31.2 Å². The van der Waals surface area contributed by atoms with E-state index in [1.807, 2.05) is 36.4 Å². The molecule has 1 aromatic rings. The maximum atomic E-state index is 12.5. The van der Waals surface area contributed by atoms with Gasteiger partial charge in [-0.1, -0.05) is 37.3 Å². The molecule has 0 aliphatic carbocycles. The molecule has 3 N–H and O–H groups in total. The summed E-state index contributed by atoms with van der Waals surface area (Å²) in [5, 5.41) is 30.9. The molecule has 0 aromatic heterocycles. The molecule has 8 nitrogen and oxygen atoms in total. The summed E-state index contributed by atoms with van der Waals surface area (Å²) < 4.78 is 5.47. The molecule has 1 aliphatic rings. The minimum Gasteiger partial charge on any atom is -0.444 e. The second kappa shape index (κ2) is 11.4. The molecule has 1 unspecified atom stereocenters. The van der Waals surface area contributed by atoms with Crippen LogP contribution in [0.4, 0.5) is 4.79 Å². The van der Waals surface area contributed by atoms with E-state index in [4.69, 9.17) is 10.00 Å². The van der Waals surface area contributed by atoms with Crippen LogP contribution in [0.25, 0.3) is 0 Å². The largest absolute Gasteiger partial charge is 0.475 e. The molecule has 1 heterocycles. The number of likely N-dealkylation sites (tertiary alicyclic amines) is 1. The molecular formula is C20H28BN3O5. The molecule has 2 rings (SSSR count). The number of benzene rings is 1. The highest BCUT2D eigenvalue weighted by Crippen LogP contribution is 2.17. The van der Waals surface area contributed by atoms with E-state index in [2.05, 4.69) is 5.32 Å². The quantitative estimate of drug-likeness (QED) is 0.592. The lowest BCUT2D eigenvalue weighted by atomic mass is 9.76. The van der Waals surface area contributed by atoms with E-state index in [1.165, 1.54) is 0 Å². The number of hydrogen-bond acceptors (Lipinski definition) is 6. The normalized spacial score (nSPS) is 18.7. The summed E-state index contributed by atoms with van der Waals surface area (Å²) >= 11 is 0. The average Bonchev–Trinajstić information content (AvgIpc) is 2.94. The Morgan fingerprint density at radius 1 is 1.34 bits per heavy atom. The molecule has 1 saturated heterocycles. The van der Waals surface area contributed by atoms with Crippen LogP contribution in [0.2, 0.25) is 0 Å². The molecule has 0 spiro atoms. The van der Waals surface area contributed by atoms with Gasteiger partial charge in [-0.3, -0.25) is 4.79 Å². The zero-order valence-corrected chi connectivity index (χ0v) is 16.7. The zero-order chi connectivity index (χ0) is 21.2.